The van der Waals surface area contributed by atoms with Gasteiger partial charge in [-0.25, -0.2) is 9.78 Å². The fraction of sp³-hybridized carbons (Fsp3) is 0.394. The summed E-state index contributed by atoms with van der Waals surface area (Å²) < 4.78 is 16.7. The SMILES string of the molecule is CCCCCOc1ccc([C@H]2C(=C(O)c3ccc(OCCCC)cc3)C(=O)C(=O)N2c2nc(C)c(C(=O)OCC)s2)cc1. The van der Waals surface area contributed by atoms with E-state index in [2.05, 4.69) is 18.8 Å². The molecule has 3 aromatic rings. The second kappa shape index (κ2) is 14.8. The second-order valence-corrected chi connectivity index (χ2v) is 11.1. The van der Waals surface area contributed by atoms with Gasteiger partial charge in [0.2, 0.25) is 0 Å². The monoisotopic (exact) mass is 606 g/mol. The van der Waals surface area contributed by atoms with Crippen molar-refractivity contribution in [1.82, 2.24) is 4.98 Å². The average Bonchev–Trinajstić information content (AvgIpc) is 3.52. The number of benzene rings is 2. The van der Waals surface area contributed by atoms with Crippen LogP contribution in [0.4, 0.5) is 5.13 Å². The fourth-order valence-corrected chi connectivity index (χ4v) is 5.69. The molecule has 1 aliphatic rings. The molecule has 1 saturated heterocycles. The summed E-state index contributed by atoms with van der Waals surface area (Å²) in [5, 5.41) is 11.6. The fourth-order valence-electron chi connectivity index (χ4n) is 4.70. The van der Waals surface area contributed by atoms with Crippen molar-refractivity contribution < 1.29 is 33.7 Å². The van der Waals surface area contributed by atoms with Crippen molar-refractivity contribution in [3.05, 3.63) is 75.8 Å². The van der Waals surface area contributed by atoms with Gasteiger partial charge in [0.1, 0.15) is 22.1 Å². The Morgan fingerprint density at radius 1 is 0.907 bits per heavy atom. The van der Waals surface area contributed by atoms with E-state index in [9.17, 15) is 19.5 Å². The zero-order valence-corrected chi connectivity index (χ0v) is 25.9. The summed E-state index contributed by atoms with van der Waals surface area (Å²) in [4.78, 5) is 45.6. The van der Waals surface area contributed by atoms with Gasteiger partial charge in [-0.15, -0.1) is 0 Å². The van der Waals surface area contributed by atoms with Gasteiger partial charge in [0.25, 0.3) is 5.78 Å². The van der Waals surface area contributed by atoms with Gasteiger partial charge >= 0.3 is 11.9 Å². The van der Waals surface area contributed by atoms with Crippen LogP contribution in [-0.4, -0.2) is 47.6 Å². The Kier molecular flexibility index (Phi) is 10.9. The van der Waals surface area contributed by atoms with E-state index >= 15 is 0 Å². The Morgan fingerprint density at radius 2 is 1.51 bits per heavy atom. The van der Waals surface area contributed by atoms with E-state index in [0.717, 1.165) is 43.4 Å². The molecule has 9 nitrogen and oxygen atoms in total. The summed E-state index contributed by atoms with van der Waals surface area (Å²) in [7, 11) is 0. The van der Waals surface area contributed by atoms with Gasteiger partial charge < -0.3 is 19.3 Å². The minimum Gasteiger partial charge on any atom is -0.507 e. The molecule has 0 bridgehead atoms. The number of nitrogens with zero attached hydrogens (tertiary/aromatic N) is 2. The quantitative estimate of drug-likeness (QED) is 0.0686. The second-order valence-electron chi connectivity index (χ2n) is 10.2. The minimum absolute atomic E-state index is 0.0770. The molecule has 2 heterocycles. The maximum absolute atomic E-state index is 13.6. The van der Waals surface area contributed by atoms with E-state index in [1.807, 2.05) is 0 Å². The summed E-state index contributed by atoms with van der Waals surface area (Å²) in [6.07, 6.45) is 5.02. The highest BCUT2D eigenvalue weighted by Gasteiger charge is 2.48. The van der Waals surface area contributed by atoms with Gasteiger partial charge in [-0.2, -0.15) is 0 Å². The van der Waals surface area contributed by atoms with Crippen LogP contribution >= 0.6 is 11.3 Å². The third-order valence-corrected chi connectivity index (χ3v) is 8.14. The molecule has 0 radical (unpaired) electrons. The molecule has 2 aromatic carbocycles. The Hall–Kier alpha value is -4.18. The molecule has 1 aliphatic heterocycles. The lowest BCUT2D eigenvalue weighted by molar-refractivity contribution is -0.132. The van der Waals surface area contributed by atoms with Crippen molar-refractivity contribution in [1.29, 1.82) is 0 Å². The number of ketones is 1. The standard InChI is InChI=1S/C33H38N2O7S/c1-5-8-10-20-42-24-15-11-22(12-16-24)27-26(28(36)23-13-17-25(18-14-23)41-19-9-6-2)29(37)31(38)35(27)33-34-21(4)30(43-33)32(39)40-7-3/h11-18,27,36H,5-10,19-20H2,1-4H3/t27-/m0/s1. The Morgan fingerprint density at radius 3 is 2.12 bits per heavy atom. The number of aromatic nitrogens is 1. The highest BCUT2D eigenvalue weighted by Crippen LogP contribution is 2.44. The van der Waals surface area contributed by atoms with Gasteiger partial charge in [0.05, 0.1) is 37.1 Å². The molecule has 0 spiro atoms. The summed E-state index contributed by atoms with van der Waals surface area (Å²) in [5.74, 6) is -1.27. The van der Waals surface area contributed by atoms with Crippen LogP contribution in [0.3, 0.4) is 0 Å². The van der Waals surface area contributed by atoms with Crippen molar-refractivity contribution >= 4 is 39.9 Å². The highest BCUT2D eigenvalue weighted by atomic mass is 32.1. The molecule has 1 N–H and O–H groups in total. The van der Waals surface area contributed by atoms with Gasteiger partial charge in [0.15, 0.2) is 5.13 Å². The van der Waals surface area contributed by atoms with E-state index < -0.39 is 23.7 Å². The number of rotatable bonds is 14. The van der Waals surface area contributed by atoms with Gasteiger partial charge in [0, 0.05) is 5.56 Å². The summed E-state index contributed by atoms with van der Waals surface area (Å²) in [6, 6.07) is 12.8. The molecule has 1 amide bonds. The van der Waals surface area contributed by atoms with Gasteiger partial charge in [-0.1, -0.05) is 56.6 Å². The number of ether oxygens (including phenoxy) is 3. The smallest absolute Gasteiger partial charge is 0.350 e. The summed E-state index contributed by atoms with van der Waals surface area (Å²) in [6.45, 7) is 8.90. The van der Waals surface area contributed by atoms with Crippen LogP contribution < -0.4 is 14.4 Å². The number of hydrogen-bond acceptors (Lipinski definition) is 9. The van der Waals surface area contributed by atoms with Crippen LogP contribution in [0, 0.1) is 6.92 Å². The number of aliphatic hydroxyl groups is 1. The minimum atomic E-state index is -0.991. The first-order chi connectivity index (χ1) is 20.8. The Bertz CT molecular complexity index is 1460. The molecule has 1 aromatic heterocycles. The van der Waals surface area contributed by atoms with E-state index in [-0.39, 0.29) is 27.9 Å². The van der Waals surface area contributed by atoms with Crippen LogP contribution in [0.5, 0.6) is 11.5 Å². The largest absolute Gasteiger partial charge is 0.507 e. The predicted molar refractivity (Wildman–Crippen MR) is 166 cm³/mol. The topological polar surface area (TPSA) is 115 Å². The van der Waals surface area contributed by atoms with Crippen LogP contribution in [0.2, 0.25) is 0 Å². The van der Waals surface area contributed by atoms with Crippen LogP contribution in [0.15, 0.2) is 54.1 Å². The molecule has 43 heavy (non-hydrogen) atoms. The van der Waals surface area contributed by atoms with Crippen molar-refractivity contribution in [2.24, 2.45) is 0 Å². The molecular weight excluding hydrogens is 568 g/mol. The number of unbranched alkanes of at least 4 members (excludes halogenated alkanes) is 3. The van der Waals surface area contributed by atoms with Crippen LogP contribution in [-0.2, 0) is 14.3 Å². The van der Waals surface area contributed by atoms with Crippen molar-refractivity contribution in [2.45, 2.75) is 65.8 Å². The Balaban J connectivity index is 1.75. The normalized spacial score (nSPS) is 16.0. The maximum atomic E-state index is 13.6. The van der Waals surface area contributed by atoms with Crippen molar-refractivity contribution in [3.8, 4) is 11.5 Å². The zero-order chi connectivity index (χ0) is 30.9. The lowest BCUT2D eigenvalue weighted by Crippen LogP contribution is -2.29. The third kappa shape index (κ3) is 7.25. The molecule has 0 saturated carbocycles. The lowest BCUT2D eigenvalue weighted by Gasteiger charge is -2.23. The molecule has 228 valence electrons. The van der Waals surface area contributed by atoms with Crippen LogP contribution in [0.1, 0.15) is 85.4 Å². The molecular formula is C33H38N2O7S. The van der Waals surface area contributed by atoms with E-state index in [1.54, 1.807) is 62.4 Å². The molecule has 4 rings (SSSR count). The summed E-state index contributed by atoms with van der Waals surface area (Å²) >= 11 is 0.971. The number of amides is 1. The van der Waals surface area contributed by atoms with Crippen LogP contribution in [0.25, 0.3) is 5.76 Å². The van der Waals surface area contributed by atoms with E-state index in [1.165, 1.54) is 4.90 Å². The highest BCUT2D eigenvalue weighted by molar-refractivity contribution is 7.17. The van der Waals surface area contributed by atoms with Crippen molar-refractivity contribution in [2.75, 3.05) is 24.7 Å². The zero-order valence-electron chi connectivity index (χ0n) is 25.1. The number of aryl methyl sites for hydroxylation is 1. The molecule has 0 unspecified atom stereocenters. The number of carbonyl (C=O) groups excluding carboxylic acids is 3. The number of aliphatic hydroxyl groups excluding tert-OH is 1. The number of Topliss-reactive ketones (excluding diaryl/α,β-unsaturated/α-hetero) is 1. The molecule has 10 heteroatoms. The third-order valence-electron chi connectivity index (χ3n) is 7.00. The van der Waals surface area contributed by atoms with E-state index in [4.69, 9.17) is 14.2 Å². The molecule has 1 atom stereocenters. The van der Waals surface area contributed by atoms with Gasteiger partial charge in [-0.05, 0) is 68.7 Å². The first kappa shape index (κ1) is 31.7. The average molecular weight is 607 g/mol. The first-order valence-corrected chi connectivity index (χ1v) is 15.5. The van der Waals surface area contributed by atoms with Gasteiger partial charge in [-0.3, -0.25) is 14.5 Å². The number of thiazole rings is 1. The number of carbonyl (C=O) groups is 3. The maximum Gasteiger partial charge on any atom is 0.350 e. The number of esters is 1. The Labute approximate surface area is 256 Å². The van der Waals surface area contributed by atoms with Crippen molar-refractivity contribution in [3.63, 3.8) is 0 Å². The molecule has 1 fully saturated rings. The molecule has 0 aliphatic carbocycles. The predicted octanol–water partition coefficient (Wildman–Crippen LogP) is 7.00. The lowest BCUT2D eigenvalue weighted by atomic mass is 9.95. The number of hydrogen-bond donors (Lipinski definition) is 1. The first-order valence-electron chi connectivity index (χ1n) is 14.7. The summed E-state index contributed by atoms with van der Waals surface area (Å²) in [5.41, 5.74) is 1.25. The number of anilines is 1. The van der Waals surface area contributed by atoms with E-state index in [0.29, 0.717) is 41.5 Å².